The number of hydrogen-bond acceptors (Lipinski definition) is 10. The van der Waals surface area contributed by atoms with Gasteiger partial charge in [-0.1, -0.05) is 0 Å². The maximum absolute atomic E-state index is 8.53. The molecule has 1 N–H and O–H groups in total. The monoisotopic (exact) mass is 428 g/mol. The van der Waals surface area contributed by atoms with Crippen LogP contribution in [0.3, 0.4) is 0 Å². The van der Waals surface area contributed by atoms with E-state index in [1.54, 1.807) is 7.11 Å². The Kier molecular flexibility index (Phi) is 27.2. The molecule has 0 heterocycles. The lowest BCUT2D eigenvalue weighted by Gasteiger charge is -2.08. The molecule has 0 aromatic heterocycles. The van der Waals surface area contributed by atoms with Crippen LogP contribution in [0.15, 0.2) is 0 Å². The summed E-state index contributed by atoms with van der Waals surface area (Å²) in [5.74, 6) is 0. The van der Waals surface area contributed by atoms with Crippen molar-refractivity contribution < 1.29 is 47.7 Å². The topological polar surface area (TPSA) is 103 Å². The number of methoxy groups -OCH3 is 1. The molecule has 0 spiro atoms. The summed E-state index contributed by atoms with van der Waals surface area (Å²) in [7, 11) is 1.64. The molecule has 0 saturated carbocycles. The van der Waals surface area contributed by atoms with Crippen LogP contribution in [-0.2, 0) is 42.6 Å². The van der Waals surface area contributed by atoms with Gasteiger partial charge in [-0.25, -0.2) is 0 Å². The Morgan fingerprint density at radius 2 is 0.552 bits per heavy atom. The van der Waals surface area contributed by atoms with E-state index in [4.69, 9.17) is 47.7 Å². The fourth-order valence-electron chi connectivity index (χ4n) is 1.85. The summed E-state index contributed by atoms with van der Waals surface area (Å²) in [5, 5.41) is 8.53. The van der Waals surface area contributed by atoms with Gasteiger partial charge in [-0.15, -0.1) is 0 Å². The number of aliphatic hydroxyl groups is 1. The summed E-state index contributed by atoms with van der Waals surface area (Å²) < 4.78 is 47.4. The molecule has 0 fully saturated rings. The molecule has 0 aliphatic heterocycles. The highest BCUT2D eigenvalue weighted by Gasteiger charge is 1.95. The van der Waals surface area contributed by atoms with Gasteiger partial charge in [0.2, 0.25) is 0 Å². The molecule has 0 rings (SSSR count). The molecule has 0 aliphatic carbocycles. The highest BCUT2D eigenvalue weighted by atomic mass is 16.6. The van der Waals surface area contributed by atoms with Crippen molar-refractivity contribution in [2.45, 2.75) is 0 Å². The molecule has 0 unspecified atom stereocenters. The predicted molar refractivity (Wildman–Crippen MR) is 106 cm³/mol. The molecule has 0 radical (unpaired) electrons. The van der Waals surface area contributed by atoms with Gasteiger partial charge in [-0.2, -0.15) is 0 Å². The Bertz CT molecular complexity index is 258. The minimum Gasteiger partial charge on any atom is -0.394 e. The van der Waals surface area contributed by atoms with Crippen LogP contribution < -0.4 is 0 Å². The van der Waals surface area contributed by atoms with Crippen molar-refractivity contribution in [2.24, 2.45) is 0 Å². The molecule has 10 nitrogen and oxygen atoms in total. The first-order chi connectivity index (χ1) is 14.4. The molecular weight excluding hydrogens is 388 g/mol. The molecule has 29 heavy (non-hydrogen) atoms. The van der Waals surface area contributed by atoms with Crippen LogP contribution in [0.5, 0.6) is 0 Å². The Hall–Kier alpha value is -0.400. The third-order valence-corrected chi connectivity index (χ3v) is 3.27. The van der Waals surface area contributed by atoms with E-state index in [-0.39, 0.29) is 6.61 Å². The van der Waals surface area contributed by atoms with Crippen LogP contribution in [0.1, 0.15) is 0 Å². The van der Waals surface area contributed by atoms with Crippen molar-refractivity contribution in [3.05, 3.63) is 0 Å². The molecule has 0 bridgehead atoms. The van der Waals surface area contributed by atoms with Crippen LogP contribution in [0.25, 0.3) is 0 Å². The standard InChI is InChI=1S/C19H40O10/c1-21-4-5-23-8-9-25-12-13-27-16-17-29-19-18-28-15-14-26-11-10-24-7-6-22-3-2-20/h20H,2-19H2,1H3. The summed E-state index contributed by atoms with van der Waals surface area (Å²) in [5.41, 5.74) is 0. The highest BCUT2D eigenvalue weighted by Crippen LogP contribution is 1.85. The van der Waals surface area contributed by atoms with Gasteiger partial charge in [0.1, 0.15) is 0 Å². The minimum absolute atomic E-state index is 0.0322. The average Bonchev–Trinajstić information content (AvgIpc) is 2.74. The lowest BCUT2D eigenvalue weighted by Crippen LogP contribution is -2.15. The maximum atomic E-state index is 8.53. The summed E-state index contributed by atoms with van der Waals surface area (Å²) >= 11 is 0. The van der Waals surface area contributed by atoms with Crippen molar-refractivity contribution in [2.75, 3.05) is 126 Å². The first kappa shape index (κ1) is 28.6. The lowest BCUT2D eigenvalue weighted by atomic mass is 10.6. The molecule has 0 atom stereocenters. The van der Waals surface area contributed by atoms with Crippen LogP contribution in [0.2, 0.25) is 0 Å². The summed E-state index contributed by atoms with van der Waals surface area (Å²) in [6, 6.07) is 0. The Morgan fingerprint density at radius 1 is 0.345 bits per heavy atom. The zero-order valence-corrected chi connectivity index (χ0v) is 17.8. The first-order valence-corrected chi connectivity index (χ1v) is 10.1. The zero-order valence-electron chi connectivity index (χ0n) is 17.8. The van der Waals surface area contributed by atoms with Gasteiger partial charge < -0.3 is 47.7 Å². The van der Waals surface area contributed by atoms with E-state index in [1.807, 2.05) is 0 Å². The molecule has 0 saturated heterocycles. The fraction of sp³-hybridized carbons (Fsp3) is 1.00. The molecular formula is C19H40O10. The van der Waals surface area contributed by atoms with Crippen molar-refractivity contribution in [3.8, 4) is 0 Å². The van der Waals surface area contributed by atoms with E-state index in [0.717, 1.165) is 0 Å². The summed E-state index contributed by atoms with van der Waals surface area (Å²) in [6.45, 7) is 8.90. The van der Waals surface area contributed by atoms with Crippen LogP contribution >= 0.6 is 0 Å². The van der Waals surface area contributed by atoms with E-state index in [0.29, 0.717) is 112 Å². The second-order valence-corrected chi connectivity index (χ2v) is 5.62. The predicted octanol–water partition coefficient (Wildman–Crippen LogP) is -0.242. The normalized spacial score (nSPS) is 11.4. The smallest absolute Gasteiger partial charge is 0.0701 e. The van der Waals surface area contributed by atoms with Gasteiger partial charge in [-0.05, 0) is 0 Å². The second-order valence-electron chi connectivity index (χ2n) is 5.62. The molecule has 0 aromatic rings. The van der Waals surface area contributed by atoms with E-state index in [2.05, 4.69) is 0 Å². The number of aliphatic hydroxyl groups excluding tert-OH is 1. The zero-order chi connectivity index (χ0) is 21.1. The van der Waals surface area contributed by atoms with Gasteiger partial charge in [0.15, 0.2) is 0 Å². The van der Waals surface area contributed by atoms with Gasteiger partial charge >= 0.3 is 0 Å². The van der Waals surface area contributed by atoms with E-state index in [9.17, 15) is 0 Å². The van der Waals surface area contributed by atoms with Gasteiger partial charge in [0, 0.05) is 7.11 Å². The third-order valence-electron chi connectivity index (χ3n) is 3.27. The van der Waals surface area contributed by atoms with E-state index >= 15 is 0 Å². The average molecular weight is 429 g/mol. The van der Waals surface area contributed by atoms with Crippen LogP contribution in [-0.4, -0.2) is 131 Å². The van der Waals surface area contributed by atoms with Crippen molar-refractivity contribution in [3.63, 3.8) is 0 Å². The molecule has 0 aliphatic rings. The van der Waals surface area contributed by atoms with E-state index in [1.165, 1.54) is 0 Å². The van der Waals surface area contributed by atoms with Gasteiger partial charge in [-0.3, -0.25) is 0 Å². The third kappa shape index (κ3) is 27.6. The molecule has 0 aromatic carbocycles. The number of ether oxygens (including phenoxy) is 9. The van der Waals surface area contributed by atoms with Crippen molar-refractivity contribution >= 4 is 0 Å². The lowest BCUT2D eigenvalue weighted by molar-refractivity contribution is -0.0248. The van der Waals surface area contributed by atoms with Crippen LogP contribution in [0.4, 0.5) is 0 Å². The summed E-state index contributed by atoms with van der Waals surface area (Å²) in [6.07, 6.45) is 0. The largest absolute Gasteiger partial charge is 0.394 e. The van der Waals surface area contributed by atoms with Gasteiger partial charge in [0.05, 0.1) is 119 Å². The van der Waals surface area contributed by atoms with Crippen LogP contribution in [0, 0.1) is 0 Å². The quantitative estimate of drug-likeness (QED) is 0.186. The molecule has 176 valence electrons. The van der Waals surface area contributed by atoms with Crippen molar-refractivity contribution in [1.82, 2.24) is 0 Å². The maximum Gasteiger partial charge on any atom is 0.0701 e. The molecule has 0 amide bonds. The minimum atomic E-state index is 0.0322. The number of rotatable bonds is 26. The fourth-order valence-corrected chi connectivity index (χ4v) is 1.85. The SMILES string of the molecule is COCCOCCOCCOCCOCCOCCOCCOCCOCCO. The number of hydrogen-bond donors (Lipinski definition) is 1. The highest BCUT2D eigenvalue weighted by molar-refractivity contribution is 4.37. The summed E-state index contributed by atoms with van der Waals surface area (Å²) in [4.78, 5) is 0. The van der Waals surface area contributed by atoms with E-state index < -0.39 is 0 Å². The Balaban J connectivity index is 2.97. The first-order valence-electron chi connectivity index (χ1n) is 10.1. The Labute approximate surface area is 174 Å². The van der Waals surface area contributed by atoms with Crippen molar-refractivity contribution in [1.29, 1.82) is 0 Å². The van der Waals surface area contributed by atoms with Gasteiger partial charge in [0.25, 0.3) is 0 Å². The second kappa shape index (κ2) is 27.6. The molecule has 10 heteroatoms. The Morgan fingerprint density at radius 3 is 0.759 bits per heavy atom.